The van der Waals surface area contributed by atoms with Crippen LogP contribution in [0.4, 0.5) is 0 Å². The molecule has 0 saturated heterocycles. The van der Waals surface area contributed by atoms with Crippen molar-refractivity contribution in [1.29, 1.82) is 0 Å². The Labute approximate surface area is 118 Å². The molecule has 0 unspecified atom stereocenters. The monoisotopic (exact) mass is 274 g/mol. The molecule has 0 fully saturated rings. The molecule has 2 rings (SSSR count). The third kappa shape index (κ3) is 3.94. The molecule has 0 aromatic heterocycles. The van der Waals surface area contributed by atoms with Crippen LogP contribution in [-0.4, -0.2) is 0 Å². The Balaban J connectivity index is 1.89. The van der Waals surface area contributed by atoms with Crippen molar-refractivity contribution in [3.05, 3.63) is 75.7 Å². The molecule has 0 amide bonds. The van der Waals surface area contributed by atoms with E-state index in [0.717, 1.165) is 10.8 Å². The molecule has 0 spiro atoms. The van der Waals surface area contributed by atoms with Crippen LogP contribution in [0.2, 0.25) is 5.02 Å². The van der Waals surface area contributed by atoms with E-state index >= 15 is 0 Å². The number of hydrogen-bond acceptors (Lipinski definition) is 1. The number of benzene rings is 2. The molecule has 0 bridgehead atoms. The highest BCUT2D eigenvalue weighted by Gasteiger charge is 1.96. The molecule has 2 heteroatoms. The highest BCUT2D eigenvalue weighted by molar-refractivity contribution is 8.01. The smallest absolute Gasteiger partial charge is 0.0446 e. The Morgan fingerprint density at radius 3 is 2.50 bits per heavy atom. The zero-order valence-electron chi connectivity index (χ0n) is 10.3. The van der Waals surface area contributed by atoms with Gasteiger partial charge in [-0.25, -0.2) is 0 Å². The molecule has 0 aliphatic carbocycles. The van der Waals surface area contributed by atoms with Gasteiger partial charge in [0, 0.05) is 10.8 Å². The van der Waals surface area contributed by atoms with Crippen LogP contribution in [0.25, 0.3) is 6.08 Å². The molecule has 0 atom stereocenters. The minimum Gasteiger partial charge on any atom is -0.129 e. The molecular formula is C16H15ClS. The molecule has 0 heterocycles. The van der Waals surface area contributed by atoms with Crippen molar-refractivity contribution in [2.45, 2.75) is 12.7 Å². The van der Waals surface area contributed by atoms with Gasteiger partial charge in [0.25, 0.3) is 0 Å². The summed E-state index contributed by atoms with van der Waals surface area (Å²) in [7, 11) is 0. The topological polar surface area (TPSA) is 0 Å². The van der Waals surface area contributed by atoms with Crippen LogP contribution in [0.5, 0.6) is 0 Å². The molecule has 18 heavy (non-hydrogen) atoms. The van der Waals surface area contributed by atoms with Crippen molar-refractivity contribution in [3.63, 3.8) is 0 Å². The summed E-state index contributed by atoms with van der Waals surface area (Å²) in [5.74, 6) is 0.905. The Morgan fingerprint density at radius 1 is 1.06 bits per heavy atom. The second kappa shape index (κ2) is 6.67. The second-order valence-corrected chi connectivity index (χ2v) is 5.42. The maximum atomic E-state index is 6.10. The second-order valence-electron chi connectivity index (χ2n) is 4.12. The van der Waals surface area contributed by atoms with Gasteiger partial charge in [-0.1, -0.05) is 59.6 Å². The first-order valence-corrected chi connectivity index (χ1v) is 7.26. The predicted octanol–water partition coefficient (Wildman–Crippen LogP) is 5.55. The average Bonchev–Trinajstić information content (AvgIpc) is 2.39. The first kappa shape index (κ1) is 13.3. The lowest BCUT2D eigenvalue weighted by Gasteiger charge is -2.00. The predicted molar refractivity (Wildman–Crippen MR) is 83.0 cm³/mol. The van der Waals surface area contributed by atoms with Crippen LogP contribution in [0.1, 0.15) is 16.7 Å². The van der Waals surface area contributed by atoms with Crippen LogP contribution in [0.15, 0.2) is 53.9 Å². The van der Waals surface area contributed by atoms with Gasteiger partial charge in [0.05, 0.1) is 0 Å². The van der Waals surface area contributed by atoms with Gasteiger partial charge in [-0.05, 0) is 35.6 Å². The van der Waals surface area contributed by atoms with Crippen molar-refractivity contribution < 1.29 is 0 Å². The zero-order chi connectivity index (χ0) is 12.8. The van der Waals surface area contributed by atoms with Gasteiger partial charge in [-0.2, -0.15) is 0 Å². The van der Waals surface area contributed by atoms with Crippen molar-refractivity contribution in [3.8, 4) is 0 Å². The zero-order valence-corrected chi connectivity index (χ0v) is 11.8. The molecule has 2 aromatic rings. The van der Waals surface area contributed by atoms with E-state index in [-0.39, 0.29) is 0 Å². The summed E-state index contributed by atoms with van der Waals surface area (Å²) in [5.41, 5.74) is 3.70. The van der Waals surface area contributed by atoms with Gasteiger partial charge < -0.3 is 0 Å². The van der Waals surface area contributed by atoms with Gasteiger partial charge >= 0.3 is 0 Å². The molecule has 0 saturated carbocycles. The minimum absolute atomic E-state index is 0.841. The lowest BCUT2D eigenvalue weighted by Crippen LogP contribution is -1.79. The first-order valence-electron chi connectivity index (χ1n) is 5.84. The summed E-state index contributed by atoms with van der Waals surface area (Å²) in [6, 6.07) is 16.5. The maximum absolute atomic E-state index is 6.10. The number of thioether (sulfide) groups is 1. The van der Waals surface area contributed by atoms with E-state index in [2.05, 4.69) is 48.7 Å². The van der Waals surface area contributed by atoms with Gasteiger partial charge in [-0.3, -0.25) is 0 Å². The van der Waals surface area contributed by atoms with E-state index in [1.54, 1.807) is 11.8 Å². The van der Waals surface area contributed by atoms with E-state index in [0.29, 0.717) is 0 Å². The quantitative estimate of drug-likeness (QED) is 0.704. The van der Waals surface area contributed by atoms with Crippen LogP contribution < -0.4 is 0 Å². The summed E-state index contributed by atoms with van der Waals surface area (Å²) in [4.78, 5) is 0. The SMILES string of the molecule is Cc1ccc(/C=C\SCc2ccccc2Cl)cc1. The normalized spacial score (nSPS) is 11.0. The van der Waals surface area contributed by atoms with Crippen LogP contribution in [0.3, 0.4) is 0 Å². The van der Waals surface area contributed by atoms with Crippen LogP contribution >= 0.6 is 23.4 Å². The van der Waals surface area contributed by atoms with Gasteiger partial charge in [0.15, 0.2) is 0 Å². The van der Waals surface area contributed by atoms with E-state index in [9.17, 15) is 0 Å². The Morgan fingerprint density at radius 2 is 1.78 bits per heavy atom. The fourth-order valence-corrected chi connectivity index (χ4v) is 2.62. The van der Waals surface area contributed by atoms with E-state index in [1.807, 2.05) is 18.2 Å². The van der Waals surface area contributed by atoms with Crippen LogP contribution in [-0.2, 0) is 5.75 Å². The highest BCUT2D eigenvalue weighted by Crippen LogP contribution is 2.21. The third-order valence-corrected chi connectivity index (χ3v) is 3.81. The van der Waals surface area contributed by atoms with Crippen molar-refractivity contribution in [2.24, 2.45) is 0 Å². The maximum Gasteiger partial charge on any atom is 0.0446 e. The molecule has 0 radical (unpaired) electrons. The fraction of sp³-hybridized carbons (Fsp3) is 0.125. The number of aryl methyl sites for hydroxylation is 1. The summed E-state index contributed by atoms with van der Waals surface area (Å²) >= 11 is 7.85. The van der Waals surface area contributed by atoms with Gasteiger partial charge in [0.2, 0.25) is 0 Å². The molecule has 0 aliphatic rings. The lowest BCUT2D eigenvalue weighted by atomic mass is 10.2. The standard InChI is InChI=1S/C16H15ClS/c1-13-6-8-14(9-7-13)10-11-18-12-15-4-2-3-5-16(15)17/h2-11H,12H2,1H3/b11-10-. The Hall–Kier alpha value is -1.18. The molecule has 92 valence electrons. The summed E-state index contributed by atoms with van der Waals surface area (Å²) in [5, 5.41) is 2.96. The first-order chi connectivity index (χ1) is 8.75. The van der Waals surface area contributed by atoms with Crippen molar-refractivity contribution in [2.75, 3.05) is 0 Å². The van der Waals surface area contributed by atoms with Gasteiger partial charge in [0.1, 0.15) is 0 Å². The number of rotatable bonds is 4. The van der Waals surface area contributed by atoms with Gasteiger partial charge in [-0.15, -0.1) is 11.8 Å². The Kier molecular flexibility index (Phi) is 4.91. The highest BCUT2D eigenvalue weighted by atomic mass is 35.5. The largest absolute Gasteiger partial charge is 0.129 e. The van der Waals surface area contributed by atoms with Crippen molar-refractivity contribution in [1.82, 2.24) is 0 Å². The summed E-state index contributed by atoms with van der Waals surface area (Å²) in [6.45, 7) is 2.10. The molecule has 0 N–H and O–H groups in total. The molecule has 0 aliphatic heterocycles. The van der Waals surface area contributed by atoms with Crippen molar-refractivity contribution >= 4 is 29.4 Å². The molecule has 2 aromatic carbocycles. The average molecular weight is 275 g/mol. The Bertz CT molecular complexity index is 529. The third-order valence-electron chi connectivity index (χ3n) is 2.63. The molecule has 0 nitrogen and oxygen atoms in total. The summed E-state index contributed by atoms with van der Waals surface area (Å²) in [6.07, 6.45) is 2.13. The number of hydrogen-bond donors (Lipinski definition) is 0. The molecular weight excluding hydrogens is 260 g/mol. The van der Waals surface area contributed by atoms with E-state index < -0.39 is 0 Å². The number of halogens is 1. The van der Waals surface area contributed by atoms with E-state index in [1.165, 1.54) is 16.7 Å². The fourth-order valence-electron chi connectivity index (χ4n) is 1.56. The van der Waals surface area contributed by atoms with E-state index in [4.69, 9.17) is 11.6 Å². The lowest BCUT2D eigenvalue weighted by molar-refractivity contribution is 1.42. The summed E-state index contributed by atoms with van der Waals surface area (Å²) < 4.78 is 0. The minimum atomic E-state index is 0.841. The van der Waals surface area contributed by atoms with Crippen LogP contribution in [0, 0.1) is 6.92 Å².